The number of halogens is 1. The number of hydrogen-bond donors (Lipinski definition) is 2. The third-order valence-electron chi connectivity index (χ3n) is 11.2. The number of ether oxygens (including phenoxy) is 1. The van der Waals surface area contributed by atoms with Gasteiger partial charge in [-0.05, 0) is 98.2 Å². The van der Waals surface area contributed by atoms with Crippen LogP contribution in [0.3, 0.4) is 0 Å². The molecular weight excluding hydrogens is 634 g/mol. The van der Waals surface area contributed by atoms with Gasteiger partial charge in [-0.2, -0.15) is 0 Å². The van der Waals surface area contributed by atoms with Crippen molar-refractivity contribution in [2.75, 3.05) is 38.7 Å². The molecule has 10 heteroatoms. The van der Waals surface area contributed by atoms with Gasteiger partial charge < -0.3 is 19.6 Å². The maximum absolute atomic E-state index is 13.4. The Balaban J connectivity index is 1.57. The van der Waals surface area contributed by atoms with Crippen molar-refractivity contribution >= 4 is 40.1 Å². The van der Waals surface area contributed by atoms with Crippen molar-refractivity contribution in [2.45, 2.75) is 89.4 Å². The molecule has 1 fully saturated rings. The molecule has 2 aliphatic heterocycles. The fourth-order valence-electron chi connectivity index (χ4n) is 7.90. The number of amides is 2. The van der Waals surface area contributed by atoms with Crippen LogP contribution in [0.15, 0.2) is 36.4 Å². The summed E-state index contributed by atoms with van der Waals surface area (Å²) < 4.78 is 22.6. The molecule has 1 aliphatic carbocycles. The van der Waals surface area contributed by atoms with E-state index in [2.05, 4.69) is 28.7 Å². The summed E-state index contributed by atoms with van der Waals surface area (Å²) in [6, 6.07) is 11.6. The molecule has 2 aromatic carbocycles. The van der Waals surface area contributed by atoms with Crippen LogP contribution in [0.2, 0.25) is 5.02 Å². The molecule has 8 nitrogen and oxygen atoms in total. The number of anilines is 1. The number of aryl methyl sites for hydroxylation is 1. The van der Waals surface area contributed by atoms with E-state index < -0.39 is 22.5 Å². The van der Waals surface area contributed by atoms with Gasteiger partial charge in [0, 0.05) is 43.7 Å². The zero-order valence-corrected chi connectivity index (χ0v) is 30.3. The lowest BCUT2D eigenvalue weighted by Gasteiger charge is -2.51. The van der Waals surface area contributed by atoms with Crippen LogP contribution in [0.4, 0.5) is 5.69 Å². The minimum Gasteiger partial charge on any atom is -0.491 e. The van der Waals surface area contributed by atoms with Crippen molar-refractivity contribution in [1.82, 2.24) is 9.62 Å². The highest BCUT2D eigenvalue weighted by Crippen LogP contribution is 2.49. The van der Waals surface area contributed by atoms with E-state index >= 15 is 0 Å². The summed E-state index contributed by atoms with van der Waals surface area (Å²) in [6.45, 7) is 9.76. The molecule has 258 valence electrons. The van der Waals surface area contributed by atoms with E-state index in [-0.39, 0.29) is 40.7 Å². The van der Waals surface area contributed by atoms with Crippen molar-refractivity contribution in [2.24, 2.45) is 23.7 Å². The summed E-state index contributed by atoms with van der Waals surface area (Å²) in [5.74, 6) is -0.112. The predicted molar refractivity (Wildman–Crippen MR) is 189 cm³/mol. The maximum atomic E-state index is 13.4. The molecule has 2 heterocycles. The Bertz CT molecular complexity index is 1490. The molecule has 3 aliphatic rings. The summed E-state index contributed by atoms with van der Waals surface area (Å²) in [7, 11) is 1.91. The lowest BCUT2D eigenvalue weighted by molar-refractivity contribution is -0.159. The van der Waals surface area contributed by atoms with Crippen LogP contribution < -0.4 is 14.4 Å². The topological polar surface area (TPSA) is 99.2 Å². The molecule has 2 aromatic rings. The SMILES string of the molecule is CCCc1cc(Cl)ccc1C1COc2ccc3cc2N(C1)CC1CCC1C(O)([C@@H](C)C(=O)N(C)C)CCCC(C)C(C)S(=O)NC3=O. The Morgan fingerprint density at radius 2 is 1.94 bits per heavy atom. The Hall–Kier alpha value is -2.62. The van der Waals surface area contributed by atoms with Gasteiger partial charge in [0.05, 0.1) is 29.1 Å². The highest BCUT2D eigenvalue weighted by atomic mass is 35.5. The van der Waals surface area contributed by atoms with E-state index in [1.165, 1.54) is 11.1 Å². The number of carbonyl (C=O) groups is 2. The molecule has 7 unspecified atom stereocenters. The molecule has 2 bridgehead atoms. The van der Waals surface area contributed by atoms with Crippen LogP contribution in [0.25, 0.3) is 0 Å². The summed E-state index contributed by atoms with van der Waals surface area (Å²) in [5, 5.41) is 13.0. The van der Waals surface area contributed by atoms with E-state index in [9.17, 15) is 18.9 Å². The van der Waals surface area contributed by atoms with Crippen molar-refractivity contribution < 1.29 is 23.6 Å². The molecule has 2 N–H and O–H groups in total. The van der Waals surface area contributed by atoms with Gasteiger partial charge in [-0.3, -0.25) is 14.3 Å². The molecule has 47 heavy (non-hydrogen) atoms. The van der Waals surface area contributed by atoms with Gasteiger partial charge in [0.15, 0.2) is 0 Å². The van der Waals surface area contributed by atoms with Crippen molar-refractivity contribution in [3.63, 3.8) is 0 Å². The van der Waals surface area contributed by atoms with E-state index in [4.69, 9.17) is 16.3 Å². The van der Waals surface area contributed by atoms with Gasteiger partial charge in [0.2, 0.25) is 5.91 Å². The molecule has 8 atom stereocenters. The first-order chi connectivity index (χ1) is 22.3. The Kier molecular flexibility index (Phi) is 11.3. The molecule has 0 saturated heterocycles. The van der Waals surface area contributed by atoms with Crippen LogP contribution in [0.1, 0.15) is 93.6 Å². The van der Waals surface area contributed by atoms with Gasteiger partial charge in [-0.25, -0.2) is 4.21 Å². The molecule has 1 saturated carbocycles. The second-order valence-electron chi connectivity index (χ2n) is 14.4. The predicted octanol–water partition coefficient (Wildman–Crippen LogP) is 6.36. The minimum absolute atomic E-state index is 0.0451. The van der Waals surface area contributed by atoms with Gasteiger partial charge >= 0.3 is 0 Å². The number of carbonyl (C=O) groups excluding carboxylic acids is 2. The number of fused-ring (bicyclic) bond motifs is 2. The summed E-state index contributed by atoms with van der Waals surface area (Å²) >= 11 is 6.43. The standard InChI is InChI=1S/C37H52ClN3O5S/c1-7-9-26-18-30(38)13-14-31(26)29-21-41-20-28-11-15-32(28)37(44,24(3)36(43)40(5)6)17-8-10-23(2)25(4)47(45)39-35(42)27-12-16-34(46-22-29)33(41)19-27/h12-14,16,18-19,23-25,28-29,32,44H,7-11,15,17,20-22H2,1-6H3,(H,39,42)/t23?,24-,25?,28?,29?,32?,37?,47?/m0/s1. The molecule has 0 aromatic heterocycles. The van der Waals surface area contributed by atoms with E-state index in [1.807, 2.05) is 39.0 Å². The second kappa shape index (κ2) is 14.9. The molecule has 2 amide bonds. The second-order valence-corrected chi connectivity index (χ2v) is 16.4. The van der Waals surface area contributed by atoms with Crippen LogP contribution in [0.5, 0.6) is 5.75 Å². The first-order valence-electron chi connectivity index (χ1n) is 17.3. The van der Waals surface area contributed by atoms with E-state index in [0.717, 1.165) is 42.8 Å². The highest BCUT2D eigenvalue weighted by Gasteiger charge is 2.52. The normalized spacial score (nSPS) is 30.6. The average molecular weight is 686 g/mol. The summed E-state index contributed by atoms with van der Waals surface area (Å²) in [4.78, 5) is 30.7. The Labute approximate surface area is 288 Å². The number of nitrogens with zero attached hydrogens (tertiary/aromatic N) is 2. The Morgan fingerprint density at radius 3 is 2.62 bits per heavy atom. The smallest absolute Gasteiger partial charge is 0.263 e. The summed E-state index contributed by atoms with van der Waals surface area (Å²) in [5.41, 5.74) is 2.50. The van der Waals surface area contributed by atoms with Gasteiger partial charge in [-0.15, -0.1) is 0 Å². The monoisotopic (exact) mass is 685 g/mol. The average Bonchev–Trinajstić information content (AvgIpc) is 3.20. The third kappa shape index (κ3) is 7.52. The number of rotatable bonds is 5. The number of aliphatic hydroxyl groups is 1. The number of benzene rings is 2. The van der Waals surface area contributed by atoms with E-state index in [1.54, 1.807) is 25.1 Å². The van der Waals surface area contributed by atoms with E-state index in [0.29, 0.717) is 43.9 Å². The first kappa shape index (κ1) is 35.7. The first-order valence-corrected chi connectivity index (χ1v) is 18.9. The van der Waals surface area contributed by atoms with Crippen molar-refractivity contribution in [3.8, 4) is 5.75 Å². The molecule has 0 spiro atoms. The lowest BCUT2D eigenvalue weighted by atomic mass is 9.59. The lowest BCUT2D eigenvalue weighted by Crippen LogP contribution is -2.57. The van der Waals surface area contributed by atoms with Crippen molar-refractivity contribution in [3.05, 3.63) is 58.1 Å². The van der Waals surface area contributed by atoms with Gasteiger partial charge in [-0.1, -0.05) is 51.3 Å². The maximum Gasteiger partial charge on any atom is 0.263 e. The third-order valence-corrected chi connectivity index (χ3v) is 12.9. The Morgan fingerprint density at radius 1 is 1.17 bits per heavy atom. The molecule has 0 radical (unpaired) electrons. The zero-order chi connectivity index (χ0) is 34.0. The highest BCUT2D eigenvalue weighted by molar-refractivity contribution is 7.84. The minimum atomic E-state index is -1.59. The van der Waals surface area contributed by atoms with Gasteiger partial charge in [0.25, 0.3) is 5.91 Å². The van der Waals surface area contributed by atoms with Crippen LogP contribution >= 0.6 is 11.6 Å². The molecular formula is C37H52ClN3O5S. The fraction of sp³-hybridized carbons (Fsp3) is 0.622. The van der Waals surface area contributed by atoms with Crippen LogP contribution in [-0.4, -0.2) is 70.7 Å². The number of hydrogen-bond acceptors (Lipinski definition) is 6. The molecule has 5 rings (SSSR count). The summed E-state index contributed by atoms with van der Waals surface area (Å²) in [6.07, 6.45) is 5.62. The van der Waals surface area contributed by atoms with Crippen molar-refractivity contribution in [1.29, 1.82) is 0 Å². The fourth-order valence-corrected chi connectivity index (χ4v) is 9.14. The number of nitrogens with one attached hydrogen (secondary N) is 1. The van der Waals surface area contributed by atoms with Crippen LogP contribution in [-0.2, 0) is 22.2 Å². The quantitative estimate of drug-likeness (QED) is 0.380. The largest absolute Gasteiger partial charge is 0.491 e. The zero-order valence-electron chi connectivity index (χ0n) is 28.8. The van der Waals surface area contributed by atoms with Crippen LogP contribution in [0, 0.1) is 23.7 Å². The van der Waals surface area contributed by atoms with Gasteiger partial charge in [0.1, 0.15) is 16.7 Å².